The minimum absolute atomic E-state index is 0.897. The maximum absolute atomic E-state index is 4.17. The van der Waals surface area contributed by atoms with E-state index in [2.05, 4.69) is 39.8 Å². The Kier molecular flexibility index (Phi) is 2.16. The first kappa shape index (κ1) is 8.88. The third-order valence-corrected chi connectivity index (χ3v) is 2.80. The van der Waals surface area contributed by atoms with Crippen molar-refractivity contribution in [2.45, 2.75) is 13.1 Å². The SMILES string of the molecule is C1=NCCN1NN1Cc2ccccc2C1. The Balaban J connectivity index is 1.66. The van der Waals surface area contributed by atoms with Crippen molar-refractivity contribution in [1.29, 1.82) is 0 Å². The van der Waals surface area contributed by atoms with E-state index >= 15 is 0 Å². The summed E-state index contributed by atoms with van der Waals surface area (Å²) in [4.78, 5) is 4.17. The van der Waals surface area contributed by atoms with Crippen LogP contribution in [0, 0.1) is 0 Å². The zero-order valence-corrected chi connectivity index (χ0v) is 8.56. The highest BCUT2D eigenvalue weighted by atomic mass is 15.8. The summed E-state index contributed by atoms with van der Waals surface area (Å²) in [5, 5.41) is 4.24. The Labute approximate surface area is 89.1 Å². The van der Waals surface area contributed by atoms with Crippen molar-refractivity contribution < 1.29 is 0 Å². The molecule has 0 saturated heterocycles. The van der Waals surface area contributed by atoms with Gasteiger partial charge in [-0.05, 0) is 11.1 Å². The molecule has 1 N–H and O–H groups in total. The van der Waals surface area contributed by atoms with Crippen LogP contribution < -0.4 is 5.53 Å². The van der Waals surface area contributed by atoms with Gasteiger partial charge in [0, 0.05) is 13.1 Å². The molecule has 0 aromatic heterocycles. The predicted octanol–water partition coefficient (Wildman–Crippen LogP) is 0.766. The standard InChI is InChI=1S/C11H14N4/c1-2-4-11-8-15(7-10(11)3-1)13-14-6-5-12-9-14/h1-4,9,13H,5-8H2. The Bertz CT molecular complexity index is 363. The number of nitrogens with zero attached hydrogens (tertiary/aromatic N) is 3. The van der Waals surface area contributed by atoms with Crippen LogP contribution in [-0.4, -0.2) is 29.4 Å². The summed E-state index contributed by atoms with van der Waals surface area (Å²) >= 11 is 0. The lowest BCUT2D eigenvalue weighted by Gasteiger charge is -2.23. The van der Waals surface area contributed by atoms with Gasteiger partial charge >= 0.3 is 0 Å². The summed E-state index contributed by atoms with van der Waals surface area (Å²) < 4.78 is 0. The fraction of sp³-hybridized carbons (Fsp3) is 0.364. The van der Waals surface area contributed by atoms with Crippen molar-refractivity contribution >= 4 is 6.34 Å². The second-order valence-electron chi connectivity index (χ2n) is 3.94. The van der Waals surface area contributed by atoms with Crippen LogP contribution in [0.3, 0.4) is 0 Å². The number of rotatable bonds is 2. The van der Waals surface area contributed by atoms with Gasteiger partial charge in [0.05, 0.1) is 13.1 Å². The van der Waals surface area contributed by atoms with E-state index in [0.29, 0.717) is 0 Å². The lowest BCUT2D eigenvalue weighted by atomic mass is 10.1. The molecule has 0 amide bonds. The molecule has 0 aliphatic carbocycles. The predicted molar refractivity (Wildman–Crippen MR) is 58.9 cm³/mol. The monoisotopic (exact) mass is 202 g/mol. The van der Waals surface area contributed by atoms with Gasteiger partial charge in [0.25, 0.3) is 0 Å². The summed E-state index contributed by atoms with van der Waals surface area (Å²) in [6, 6.07) is 8.57. The van der Waals surface area contributed by atoms with Crippen molar-refractivity contribution in [3.05, 3.63) is 35.4 Å². The normalized spacial score (nSPS) is 19.9. The molecule has 2 aliphatic rings. The molecule has 1 aromatic carbocycles. The van der Waals surface area contributed by atoms with Gasteiger partial charge in [0.1, 0.15) is 6.34 Å². The first-order valence-corrected chi connectivity index (χ1v) is 5.26. The quantitative estimate of drug-likeness (QED) is 0.768. The van der Waals surface area contributed by atoms with Gasteiger partial charge in [-0.3, -0.25) is 10.0 Å². The third kappa shape index (κ3) is 1.73. The first-order chi connectivity index (χ1) is 7.42. The minimum Gasteiger partial charge on any atom is -0.283 e. The van der Waals surface area contributed by atoms with Gasteiger partial charge in [-0.1, -0.05) is 24.3 Å². The largest absolute Gasteiger partial charge is 0.283 e. The van der Waals surface area contributed by atoms with E-state index in [4.69, 9.17) is 0 Å². The number of hydrazine groups is 2. The maximum atomic E-state index is 4.17. The number of benzene rings is 1. The second kappa shape index (κ2) is 3.64. The van der Waals surface area contributed by atoms with E-state index in [1.54, 1.807) is 0 Å². The van der Waals surface area contributed by atoms with E-state index in [0.717, 1.165) is 26.2 Å². The van der Waals surface area contributed by atoms with Crippen molar-refractivity contribution in [3.8, 4) is 0 Å². The number of nitrogens with one attached hydrogen (secondary N) is 1. The molecule has 78 valence electrons. The van der Waals surface area contributed by atoms with Crippen molar-refractivity contribution in [2.75, 3.05) is 13.1 Å². The van der Waals surface area contributed by atoms with Crippen LogP contribution in [0.15, 0.2) is 29.3 Å². The number of fused-ring (bicyclic) bond motifs is 1. The van der Waals surface area contributed by atoms with E-state index in [1.165, 1.54) is 11.1 Å². The van der Waals surface area contributed by atoms with Crippen molar-refractivity contribution in [3.63, 3.8) is 0 Å². The maximum Gasteiger partial charge on any atom is 0.100 e. The summed E-state index contributed by atoms with van der Waals surface area (Å²) in [5.74, 6) is 0. The molecule has 3 rings (SSSR count). The smallest absolute Gasteiger partial charge is 0.100 e. The number of aliphatic imine (C=N–C) groups is 1. The fourth-order valence-electron chi connectivity index (χ4n) is 2.04. The molecule has 15 heavy (non-hydrogen) atoms. The van der Waals surface area contributed by atoms with Crippen LogP contribution in [-0.2, 0) is 13.1 Å². The fourth-order valence-corrected chi connectivity index (χ4v) is 2.04. The van der Waals surface area contributed by atoms with E-state index in [1.807, 2.05) is 11.3 Å². The zero-order valence-electron chi connectivity index (χ0n) is 8.56. The summed E-state index contributed by atoms with van der Waals surface area (Å²) in [6.45, 7) is 3.81. The lowest BCUT2D eigenvalue weighted by Crippen LogP contribution is -2.45. The van der Waals surface area contributed by atoms with Gasteiger partial charge < -0.3 is 0 Å². The van der Waals surface area contributed by atoms with Gasteiger partial charge in [-0.2, -0.15) is 5.53 Å². The molecule has 2 aliphatic heterocycles. The Hall–Kier alpha value is -1.39. The minimum atomic E-state index is 0.897. The van der Waals surface area contributed by atoms with Crippen LogP contribution >= 0.6 is 0 Å². The molecule has 1 aromatic rings. The summed E-state index contributed by atoms with van der Waals surface area (Å²) in [6.07, 6.45) is 1.86. The topological polar surface area (TPSA) is 30.9 Å². The van der Waals surface area contributed by atoms with E-state index in [9.17, 15) is 0 Å². The molecule has 0 spiro atoms. The molecule has 0 unspecified atom stereocenters. The average molecular weight is 202 g/mol. The van der Waals surface area contributed by atoms with Gasteiger partial charge in [0.2, 0.25) is 0 Å². The molecule has 2 heterocycles. The van der Waals surface area contributed by atoms with Gasteiger partial charge in [0.15, 0.2) is 0 Å². The van der Waals surface area contributed by atoms with Crippen LogP contribution in [0.5, 0.6) is 0 Å². The van der Waals surface area contributed by atoms with Crippen LogP contribution in [0.1, 0.15) is 11.1 Å². The molecule has 0 bridgehead atoms. The van der Waals surface area contributed by atoms with Gasteiger partial charge in [-0.15, -0.1) is 0 Å². The number of hydrogen-bond acceptors (Lipinski definition) is 4. The summed E-state index contributed by atoms with van der Waals surface area (Å²) in [5.41, 5.74) is 6.18. The number of hydrogen-bond donors (Lipinski definition) is 1. The van der Waals surface area contributed by atoms with Crippen LogP contribution in [0.4, 0.5) is 0 Å². The molecule has 4 nitrogen and oxygen atoms in total. The highest BCUT2D eigenvalue weighted by molar-refractivity contribution is 5.56. The van der Waals surface area contributed by atoms with Crippen molar-refractivity contribution in [1.82, 2.24) is 15.6 Å². The molecule has 0 radical (unpaired) electrons. The molecular formula is C11H14N4. The molecule has 0 fully saturated rings. The zero-order chi connectivity index (χ0) is 10.1. The van der Waals surface area contributed by atoms with Crippen LogP contribution in [0.2, 0.25) is 0 Å². The Morgan fingerprint density at radius 1 is 1.13 bits per heavy atom. The molecule has 4 heteroatoms. The second-order valence-corrected chi connectivity index (χ2v) is 3.94. The first-order valence-electron chi connectivity index (χ1n) is 5.26. The molecular weight excluding hydrogens is 188 g/mol. The summed E-state index contributed by atoms with van der Waals surface area (Å²) in [7, 11) is 0. The average Bonchev–Trinajstić information content (AvgIpc) is 2.86. The van der Waals surface area contributed by atoms with Crippen LogP contribution in [0.25, 0.3) is 0 Å². The van der Waals surface area contributed by atoms with Gasteiger partial charge in [-0.25, -0.2) is 5.01 Å². The third-order valence-electron chi connectivity index (χ3n) is 2.80. The lowest BCUT2D eigenvalue weighted by molar-refractivity contribution is 0.0811. The van der Waals surface area contributed by atoms with Crippen molar-refractivity contribution in [2.24, 2.45) is 4.99 Å². The van der Waals surface area contributed by atoms with E-state index < -0.39 is 0 Å². The Morgan fingerprint density at radius 2 is 1.87 bits per heavy atom. The molecule has 0 atom stereocenters. The highest BCUT2D eigenvalue weighted by Gasteiger charge is 2.19. The molecule has 0 saturated carbocycles. The van der Waals surface area contributed by atoms with E-state index in [-0.39, 0.29) is 0 Å². The highest BCUT2D eigenvalue weighted by Crippen LogP contribution is 2.20. The Morgan fingerprint density at radius 3 is 2.47 bits per heavy atom.